The van der Waals surface area contributed by atoms with Gasteiger partial charge in [-0.2, -0.15) is 0 Å². The number of nitrogens with one attached hydrogen (secondary N) is 1. The number of hydrogen-bond donors (Lipinski definition) is 1. The molecule has 1 N–H and O–H groups in total. The molecule has 0 fully saturated rings. The van der Waals surface area contributed by atoms with Gasteiger partial charge >= 0.3 is 0 Å². The van der Waals surface area contributed by atoms with Crippen molar-refractivity contribution in [3.05, 3.63) is 36.9 Å². The second kappa shape index (κ2) is 3.41. The first-order valence-corrected chi connectivity index (χ1v) is 4.87. The Bertz CT molecular complexity index is 611. The third-order valence-corrected chi connectivity index (χ3v) is 2.48. The number of benzene rings is 1. The molecular formula is C12H9N2O2. The molecule has 0 aliphatic rings. The Hall–Kier alpha value is -2.23. The molecule has 0 unspecified atom stereocenters. The van der Waals surface area contributed by atoms with Crippen molar-refractivity contribution in [2.24, 2.45) is 0 Å². The lowest BCUT2D eigenvalue weighted by atomic mass is 10.1. The van der Waals surface area contributed by atoms with Crippen molar-refractivity contribution in [2.75, 3.05) is 7.11 Å². The van der Waals surface area contributed by atoms with Crippen molar-refractivity contribution in [1.82, 2.24) is 9.97 Å². The van der Waals surface area contributed by atoms with Gasteiger partial charge in [0.05, 0.1) is 24.5 Å². The highest BCUT2D eigenvalue weighted by Gasteiger charge is 2.13. The number of H-pyrrole nitrogens is 1. The maximum Gasteiger partial charge on any atom is 0.174 e. The normalized spacial score (nSPS) is 10.8. The summed E-state index contributed by atoms with van der Waals surface area (Å²) in [5.74, 6) is 1.46. The number of nitrogens with zero attached hydrogens (tertiary/aromatic N) is 1. The zero-order valence-electron chi connectivity index (χ0n) is 8.65. The van der Waals surface area contributed by atoms with E-state index in [-0.39, 0.29) is 0 Å². The molecule has 16 heavy (non-hydrogen) atoms. The predicted octanol–water partition coefficient (Wildman–Crippen LogP) is 2.63. The van der Waals surface area contributed by atoms with Crippen LogP contribution in [0.4, 0.5) is 0 Å². The standard InChI is InChI=1S/C12H9N2O2/c1-15-12-8(10-3-2-6-16-10)4-5-9-11(12)14-7-13-9/h2-6H,1H3,(H,13,14). The molecule has 1 aromatic carbocycles. The number of furan rings is 1. The Morgan fingerprint density at radius 3 is 3.06 bits per heavy atom. The summed E-state index contributed by atoms with van der Waals surface area (Å²) in [6, 6.07) is 7.60. The molecule has 3 aromatic rings. The summed E-state index contributed by atoms with van der Waals surface area (Å²) in [5, 5.41) is 0. The summed E-state index contributed by atoms with van der Waals surface area (Å²) >= 11 is 0. The number of ether oxygens (including phenoxy) is 1. The van der Waals surface area contributed by atoms with Crippen molar-refractivity contribution in [3.63, 3.8) is 0 Å². The van der Waals surface area contributed by atoms with Gasteiger partial charge in [-0.05, 0) is 24.3 Å². The Kier molecular flexibility index (Phi) is 1.93. The van der Waals surface area contributed by atoms with Crippen LogP contribution in [0.5, 0.6) is 5.75 Å². The highest BCUT2D eigenvalue weighted by Crippen LogP contribution is 2.35. The molecule has 0 spiro atoms. The lowest BCUT2D eigenvalue weighted by molar-refractivity contribution is 0.419. The van der Waals surface area contributed by atoms with Gasteiger partial charge in [-0.15, -0.1) is 0 Å². The molecule has 4 heteroatoms. The minimum absolute atomic E-state index is 0.699. The smallest absolute Gasteiger partial charge is 0.174 e. The molecule has 0 amide bonds. The summed E-state index contributed by atoms with van der Waals surface area (Å²) in [7, 11) is 1.62. The fourth-order valence-electron chi connectivity index (χ4n) is 1.76. The minimum atomic E-state index is 0.699. The van der Waals surface area contributed by atoms with E-state index >= 15 is 0 Å². The van der Waals surface area contributed by atoms with E-state index in [4.69, 9.17) is 9.15 Å². The van der Waals surface area contributed by atoms with Gasteiger partial charge in [-0.1, -0.05) is 0 Å². The molecule has 0 aliphatic heterocycles. The van der Waals surface area contributed by atoms with Crippen LogP contribution in [0.15, 0.2) is 34.9 Å². The topological polar surface area (TPSA) is 51.0 Å². The summed E-state index contributed by atoms with van der Waals surface area (Å²) in [5.41, 5.74) is 2.55. The van der Waals surface area contributed by atoms with E-state index in [0.717, 1.165) is 22.4 Å². The quantitative estimate of drug-likeness (QED) is 0.711. The van der Waals surface area contributed by atoms with E-state index in [0.29, 0.717) is 5.75 Å². The highest BCUT2D eigenvalue weighted by molar-refractivity contribution is 5.89. The van der Waals surface area contributed by atoms with E-state index in [1.165, 1.54) is 0 Å². The van der Waals surface area contributed by atoms with Crippen LogP contribution in [-0.4, -0.2) is 17.1 Å². The van der Waals surface area contributed by atoms with Crippen molar-refractivity contribution < 1.29 is 9.15 Å². The molecule has 0 atom stereocenters. The van der Waals surface area contributed by atoms with Gasteiger partial charge in [0.25, 0.3) is 0 Å². The van der Waals surface area contributed by atoms with Gasteiger partial charge < -0.3 is 14.1 Å². The van der Waals surface area contributed by atoms with Crippen LogP contribution in [-0.2, 0) is 0 Å². The number of hydrogen-bond acceptors (Lipinski definition) is 3. The molecular weight excluding hydrogens is 204 g/mol. The van der Waals surface area contributed by atoms with Crippen molar-refractivity contribution in [3.8, 4) is 17.1 Å². The first-order chi connectivity index (χ1) is 7.90. The Morgan fingerprint density at radius 2 is 2.31 bits per heavy atom. The molecule has 2 aromatic heterocycles. The third kappa shape index (κ3) is 1.20. The third-order valence-electron chi connectivity index (χ3n) is 2.48. The molecule has 4 nitrogen and oxygen atoms in total. The van der Waals surface area contributed by atoms with E-state index in [1.807, 2.05) is 24.3 Å². The molecule has 2 heterocycles. The molecule has 3 rings (SSSR count). The lowest BCUT2D eigenvalue weighted by Gasteiger charge is -2.06. The van der Waals surface area contributed by atoms with Gasteiger partial charge in [0.1, 0.15) is 11.3 Å². The summed E-state index contributed by atoms with van der Waals surface area (Å²) in [6.45, 7) is 0. The predicted molar refractivity (Wildman–Crippen MR) is 59.2 cm³/mol. The number of fused-ring (bicyclic) bond motifs is 1. The number of methoxy groups -OCH3 is 1. The molecule has 0 bridgehead atoms. The Morgan fingerprint density at radius 1 is 1.38 bits per heavy atom. The van der Waals surface area contributed by atoms with Gasteiger partial charge in [-0.3, -0.25) is 0 Å². The van der Waals surface area contributed by atoms with Crippen LogP contribution in [0.3, 0.4) is 0 Å². The van der Waals surface area contributed by atoms with Gasteiger partial charge in [0.15, 0.2) is 12.1 Å². The van der Waals surface area contributed by atoms with Crippen molar-refractivity contribution in [2.45, 2.75) is 0 Å². The molecule has 1 radical (unpaired) electrons. The summed E-state index contributed by atoms with van der Waals surface area (Å²) < 4.78 is 10.7. The van der Waals surface area contributed by atoms with E-state index in [2.05, 4.69) is 16.3 Å². The highest BCUT2D eigenvalue weighted by atomic mass is 16.5. The number of aromatic amines is 1. The average Bonchev–Trinajstić information content (AvgIpc) is 2.97. The SMILES string of the molecule is COc1c(-c2ccco2)ccc2[nH][c]nc12. The average molecular weight is 213 g/mol. The van der Waals surface area contributed by atoms with E-state index in [1.54, 1.807) is 13.4 Å². The molecule has 0 saturated heterocycles. The van der Waals surface area contributed by atoms with Gasteiger partial charge in [0.2, 0.25) is 0 Å². The van der Waals surface area contributed by atoms with Crippen molar-refractivity contribution >= 4 is 11.0 Å². The minimum Gasteiger partial charge on any atom is -0.494 e. The molecule has 0 saturated carbocycles. The monoisotopic (exact) mass is 213 g/mol. The first-order valence-electron chi connectivity index (χ1n) is 4.87. The second-order valence-corrected chi connectivity index (χ2v) is 3.37. The van der Waals surface area contributed by atoms with Crippen LogP contribution in [0.25, 0.3) is 22.4 Å². The van der Waals surface area contributed by atoms with Crippen LogP contribution in [0, 0.1) is 6.33 Å². The van der Waals surface area contributed by atoms with Crippen LogP contribution in [0.1, 0.15) is 0 Å². The number of imidazole rings is 1. The zero-order chi connectivity index (χ0) is 11.0. The molecule has 0 aliphatic carbocycles. The molecule has 79 valence electrons. The maximum atomic E-state index is 5.38. The van der Waals surface area contributed by atoms with E-state index < -0.39 is 0 Å². The maximum absolute atomic E-state index is 5.38. The van der Waals surface area contributed by atoms with Crippen molar-refractivity contribution in [1.29, 1.82) is 0 Å². The fourth-order valence-corrected chi connectivity index (χ4v) is 1.76. The lowest BCUT2D eigenvalue weighted by Crippen LogP contribution is -1.88. The summed E-state index contributed by atoms with van der Waals surface area (Å²) in [4.78, 5) is 7.03. The van der Waals surface area contributed by atoms with Crippen LogP contribution < -0.4 is 4.74 Å². The van der Waals surface area contributed by atoms with Gasteiger partial charge in [-0.25, -0.2) is 4.98 Å². The first kappa shape index (κ1) is 9.03. The fraction of sp³-hybridized carbons (Fsp3) is 0.0833. The Balaban J connectivity index is 2.32. The number of aromatic nitrogens is 2. The van der Waals surface area contributed by atoms with E-state index in [9.17, 15) is 0 Å². The van der Waals surface area contributed by atoms with Crippen LogP contribution >= 0.6 is 0 Å². The number of rotatable bonds is 2. The zero-order valence-corrected chi connectivity index (χ0v) is 8.65. The largest absolute Gasteiger partial charge is 0.494 e. The second-order valence-electron chi connectivity index (χ2n) is 3.37. The van der Waals surface area contributed by atoms with Crippen LogP contribution in [0.2, 0.25) is 0 Å². The summed E-state index contributed by atoms with van der Waals surface area (Å²) in [6.07, 6.45) is 4.33. The Labute approximate surface area is 91.9 Å². The van der Waals surface area contributed by atoms with Gasteiger partial charge in [0, 0.05) is 0 Å².